The Morgan fingerprint density at radius 3 is 2.71 bits per heavy atom. The van der Waals surface area contributed by atoms with E-state index in [1.165, 1.54) is 5.56 Å². The molecule has 0 aromatic heterocycles. The van der Waals surface area contributed by atoms with Crippen molar-refractivity contribution in [2.75, 3.05) is 6.79 Å². The summed E-state index contributed by atoms with van der Waals surface area (Å²) >= 11 is 0. The van der Waals surface area contributed by atoms with E-state index in [0.717, 1.165) is 41.6 Å². The number of aliphatic hydroxyl groups excluding tert-OH is 1. The fraction of sp³-hybridized carbons (Fsp3) is 0.350. The number of aliphatic hydroxyl groups is 1. The Balaban J connectivity index is 1.86. The molecule has 1 atom stereocenters. The molecule has 1 unspecified atom stereocenters. The van der Waals surface area contributed by atoms with Crippen LogP contribution in [0, 0.1) is 0 Å². The van der Waals surface area contributed by atoms with Gasteiger partial charge >= 0.3 is 0 Å². The van der Waals surface area contributed by atoms with Crippen LogP contribution < -0.4 is 9.47 Å². The van der Waals surface area contributed by atoms with E-state index >= 15 is 0 Å². The van der Waals surface area contributed by atoms with Gasteiger partial charge in [-0.05, 0) is 47.2 Å². The third-order valence-electron chi connectivity index (χ3n) is 4.40. The molecule has 0 fully saturated rings. The number of hydrogen-bond donors (Lipinski definition) is 1. The minimum Gasteiger partial charge on any atom is -0.454 e. The Kier molecular flexibility index (Phi) is 5.16. The van der Waals surface area contributed by atoms with Gasteiger partial charge in [-0.25, -0.2) is 0 Å². The average Bonchev–Trinajstić information content (AvgIpc) is 3.08. The molecule has 2 aromatic rings. The number of aryl methyl sites for hydroxylation is 1. The van der Waals surface area contributed by atoms with Crippen molar-refractivity contribution < 1.29 is 19.4 Å². The maximum Gasteiger partial charge on any atom is 0.231 e. The molecule has 2 aromatic carbocycles. The van der Waals surface area contributed by atoms with Gasteiger partial charge in [0.05, 0.1) is 6.61 Å². The summed E-state index contributed by atoms with van der Waals surface area (Å²) in [4.78, 5) is 11.7. The van der Waals surface area contributed by atoms with Gasteiger partial charge in [0.1, 0.15) is 6.29 Å². The lowest BCUT2D eigenvalue weighted by Crippen LogP contribution is -2.07. The second kappa shape index (κ2) is 7.49. The number of aldehydes is 1. The standard InChI is InChI=1S/C20H22O4/c1-2-3-15-8-14(11-21)4-5-16(15)9-18(12-22)17-6-7-19-20(10-17)24-13-23-19/h4-8,10,12,18,21H,2-3,9,11,13H2,1H3. The summed E-state index contributed by atoms with van der Waals surface area (Å²) in [6.45, 7) is 2.40. The number of fused-ring (bicyclic) bond motifs is 1. The molecule has 4 nitrogen and oxygen atoms in total. The number of hydrogen-bond acceptors (Lipinski definition) is 4. The molecule has 4 heteroatoms. The topological polar surface area (TPSA) is 55.8 Å². The number of carbonyl (C=O) groups is 1. The normalized spacial score (nSPS) is 13.8. The van der Waals surface area contributed by atoms with E-state index in [1.807, 2.05) is 36.4 Å². The summed E-state index contributed by atoms with van der Waals surface area (Å²) in [5, 5.41) is 9.33. The van der Waals surface area contributed by atoms with Crippen molar-refractivity contribution >= 4 is 6.29 Å². The molecule has 1 heterocycles. The van der Waals surface area contributed by atoms with Gasteiger partial charge in [0.25, 0.3) is 0 Å². The second-order valence-electron chi connectivity index (χ2n) is 6.07. The smallest absolute Gasteiger partial charge is 0.231 e. The Hall–Kier alpha value is -2.33. The molecule has 0 bridgehead atoms. The first-order valence-corrected chi connectivity index (χ1v) is 8.31. The highest BCUT2D eigenvalue weighted by atomic mass is 16.7. The lowest BCUT2D eigenvalue weighted by molar-refractivity contribution is -0.109. The molecule has 0 aliphatic carbocycles. The van der Waals surface area contributed by atoms with Crippen LogP contribution in [0.5, 0.6) is 11.5 Å². The zero-order valence-electron chi connectivity index (χ0n) is 13.8. The molecule has 1 N–H and O–H groups in total. The fourth-order valence-electron chi connectivity index (χ4n) is 3.10. The van der Waals surface area contributed by atoms with E-state index in [-0.39, 0.29) is 19.3 Å². The second-order valence-corrected chi connectivity index (χ2v) is 6.07. The Morgan fingerprint density at radius 1 is 1.12 bits per heavy atom. The molecule has 0 spiro atoms. The van der Waals surface area contributed by atoms with Crippen LogP contribution in [-0.2, 0) is 24.2 Å². The van der Waals surface area contributed by atoms with Gasteiger partial charge in [0.2, 0.25) is 6.79 Å². The van der Waals surface area contributed by atoms with Gasteiger partial charge in [0, 0.05) is 5.92 Å². The average molecular weight is 326 g/mol. The molecule has 0 amide bonds. The molecular formula is C20H22O4. The van der Waals surface area contributed by atoms with Gasteiger partial charge in [-0.1, -0.05) is 37.6 Å². The first kappa shape index (κ1) is 16.5. The summed E-state index contributed by atoms with van der Waals surface area (Å²) in [6, 6.07) is 11.7. The Morgan fingerprint density at radius 2 is 1.96 bits per heavy atom. The molecule has 126 valence electrons. The zero-order chi connectivity index (χ0) is 16.9. The van der Waals surface area contributed by atoms with Gasteiger partial charge in [-0.15, -0.1) is 0 Å². The van der Waals surface area contributed by atoms with Crippen LogP contribution in [0.2, 0.25) is 0 Å². The molecule has 1 aliphatic heterocycles. The molecule has 0 saturated heterocycles. The minimum atomic E-state index is -0.227. The van der Waals surface area contributed by atoms with Crippen molar-refractivity contribution in [2.45, 2.75) is 38.7 Å². The van der Waals surface area contributed by atoms with Crippen molar-refractivity contribution in [2.24, 2.45) is 0 Å². The summed E-state index contributed by atoms with van der Waals surface area (Å²) in [7, 11) is 0. The van der Waals surface area contributed by atoms with Crippen molar-refractivity contribution in [3.05, 3.63) is 58.7 Å². The summed E-state index contributed by atoms with van der Waals surface area (Å²) < 4.78 is 10.7. The summed E-state index contributed by atoms with van der Waals surface area (Å²) in [6.07, 6.45) is 3.60. The van der Waals surface area contributed by atoms with E-state index in [1.54, 1.807) is 0 Å². The molecule has 3 rings (SSSR count). The van der Waals surface area contributed by atoms with Crippen LogP contribution in [0.25, 0.3) is 0 Å². The minimum absolute atomic E-state index is 0.0380. The van der Waals surface area contributed by atoms with Crippen molar-refractivity contribution in [1.29, 1.82) is 0 Å². The highest BCUT2D eigenvalue weighted by molar-refractivity contribution is 5.64. The first-order chi connectivity index (χ1) is 11.7. The number of rotatable bonds is 7. The van der Waals surface area contributed by atoms with Crippen molar-refractivity contribution in [3.8, 4) is 11.5 Å². The lowest BCUT2D eigenvalue weighted by atomic mass is 9.89. The van der Waals surface area contributed by atoms with Gasteiger partial charge in [-0.3, -0.25) is 0 Å². The summed E-state index contributed by atoms with van der Waals surface area (Å²) in [5.74, 6) is 1.20. The molecule has 0 radical (unpaired) electrons. The zero-order valence-corrected chi connectivity index (χ0v) is 13.8. The predicted molar refractivity (Wildman–Crippen MR) is 91.4 cm³/mol. The summed E-state index contributed by atoms with van der Waals surface area (Å²) in [5.41, 5.74) is 4.20. The molecular weight excluding hydrogens is 304 g/mol. The number of benzene rings is 2. The SMILES string of the molecule is CCCc1cc(CO)ccc1CC(C=O)c1ccc2c(c1)OCO2. The van der Waals surface area contributed by atoms with E-state index in [4.69, 9.17) is 9.47 Å². The monoisotopic (exact) mass is 326 g/mol. The van der Waals surface area contributed by atoms with E-state index in [2.05, 4.69) is 6.92 Å². The van der Waals surface area contributed by atoms with Crippen LogP contribution in [0.1, 0.15) is 41.5 Å². The fourth-order valence-corrected chi connectivity index (χ4v) is 3.10. The van der Waals surface area contributed by atoms with Gasteiger partial charge in [-0.2, -0.15) is 0 Å². The maximum absolute atomic E-state index is 11.7. The quantitative estimate of drug-likeness (QED) is 0.793. The number of ether oxygens (including phenoxy) is 2. The predicted octanol–water partition coefficient (Wildman–Crippen LogP) is 3.39. The largest absolute Gasteiger partial charge is 0.454 e. The Labute approximate surface area is 142 Å². The van der Waals surface area contributed by atoms with Crippen LogP contribution in [-0.4, -0.2) is 18.2 Å². The van der Waals surface area contributed by atoms with E-state index in [0.29, 0.717) is 12.2 Å². The van der Waals surface area contributed by atoms with Crippen molar-refractivity contribution in [3.63, 3.8) is 0 Å². The van der Waals surface area contributed by atoms with Crippen LogP contribution in [0.3, 0.4) is 0 Å². The maximum atomic E-state index is 11.7. The van der Waals surface area contributed by atoms with E-state index < -0.39 is 0 Å². The molecule has 1 aliphatic rings. The van der Waals surface area contributed by atoms with Crippen LogP contribution >= 0.6 is 0 Å². The van der Waals surface area contributed by atoms with Gasteiger partial charge < -0.3 is 19.4 Å². The first-order valence-electron chi connectivity index (χ1n) is 8.31. The van der Waals surface area contributed by atoms with E-state index in [9.17, 15) is 9.90 Å². The van der Waals surface area contributed by atoms with Crippen LogP contribution in [0.4, 0.5) is 0 Å². The third kappa shape index (κ3) is 3.44. The molecule has 24 heavy (non-hydrogen) atoms. The highest BCUT2D eigenvalue weighted by Gasteiger charge is 2.19. The molecule has 0 saturated carbocycles. The van der Waals surface area contributed by atoms with Gasteiger partial charge in [0.15, 0.2) is 11.5 Å². The Bertz CT molecular complexity index is 724. The van der Waals surface area contributed by atoms with Crippen LogP contribution in [0.15, 0.2) is 36.4 Å². The number of carbonyl (C=O) groups excluding carboxylic acids is 1. The van der Waals surface area contributed by atoms with Crippen molar-refractivity contribution in [1.82, 2.24) is 0 Å². The third-order valence-corrected chi connectivity index (χ3v) is 4.40. The lowest BCUT2D eigenvalue weighted by Gasteiger charge is -2.15. The highest BCUT2D eigenvalue weighted by Crippen LogP contribution is 2.35.